The highest BCUT2D eigenvalue weighted by Crippen LogP contribution is 2.31. The van der Waals surface area contributed by atoms with Crippen LogP contribution in [0, 0.1) is 0 Å². The van der Waals surface area contributed by atoms with Gasteiger partial charge in [0.25, 0.3) is 5.91 Å². The number of para-hydroxylation sites is 2. The van der Waals surface area contributed by atoms with Gasteiger partial charge in [0.2, 0.25) is 0 Å². The number of anilines is 3. The van der Waals surface area contributed by atoms with Crippen LogP contribution >= 0.6 is 0 Å². The summed E-state index contributed by atoms with van der Waals surface area (Å²) in [7, 11) is 0. The fourth-order valence-electron chi connectivity index (χ4n) is 2.40. The highest BCUT2D eigenvalue weighted by Gasteiger charge is 2.11. The third-order valence-electron chi connectivity index (χ3n) is 3.60. The van der Waals surface area contributed by atoms with Crippen LogP contribution in [0.25, 0.3) is 11.1 Å². The van der Waals surface area contributed by atoms with E-state index in [1.807, 2.05) is 54.6 Å². The highest BCUT2D eigenvalue weighted by molar-refractivity contribution is 6.05. The summed E-state index contributed by atoms with van der Waals surface area (Å²) < 4.78 is 0. The van der Waals surface area contributed by atoms with Crippen molar-refractivity contribution in [3.05, 3.63) is 78.4 Å². The first-order chi connectivity index (χ1) is 11.1. The average Bonchev–Trinajstić information content (AvgIpc) is 2.57. The number of amides is 1. The Morgan fingerprint density at radius 1 is 0.739 bits per heavy atom. The van der Waals surface area contributed by atoms with E-state index >= 15 is 0 Å². The fourth-order valence-corrected chi connectivity index (χ4v) is 2.40. The second-order valence-electron chi connectivity index (χ2n) is 5.21. The maximum absolute atomic E-state index is 12.4. The predicted octanol–water partition coefficient (Wildman–Crippen LogP) is 3.77. The first-order valence-corrected chi connectivity index (χ1v) is 7.26. The maximum Gasteiger partial charge on any atom is 0.255 e. The van der Waals surface area contributed by atoms with E-state index in [2.05, 4.69) is 5.32 Å². The molecule has 3 aromatic rings. The number of nitrogens with two attached hydrogens (primary N) is 2. The Morgan fingerprint density at radius 2 is 1.39 bits per heavy atom. The number of carbonyl (C=O) groups is 1. The molecule has 0 saturated heterocycles. The molecule has 3 rings (SSSR count). The summed E-state index contributed by atoms with van der Waals surface area (Å²) in [6, 6.07) is 22.0. The number of rotatable bonds is 3. The molecule has 0 atom stereocenters. The lowest BCUT2D eigenvalue weighted by Gasteiger charge is -2.11. The second-order valence-corrected chi connectivity index (χ2v) is 5.21. The fraction of sp³-hybridized carbons (Fsp3) is 0. The Kier molecular flexibility index (Phi) is 3.97. The van der Waals surface area contributed by atoms with Gasteiger partial charge < -0.3 is 16.8 Å². The topological polar surface area (TPSA) is 81.1 Å². The average molecular weight is 303 g/mol. The molecule has 0 aromatic heterocycles. The minimum Gasteiger partial charge on any atom is -0.398 e. The zero-order valence-corrected chi connectivity index (χ0v) is 12.5. The number of hydrogen-bond donors (Lipinski definition) is 3. The van der Waals surface area contributed by atoms with Crippen molar-refractivity contribution in [2.45, 2.75) is 0 Å². The Bertz CT molecular complexity index is 844. The zero-order valence-electron chi connectivity index (χ0n) is 12.5. The number of nitrogens with one attached hydrogen (secondary N) is 1. The Hall–Kier alpha value is -3.27. The molecule has 4 heteroatoms. The summed E-state index contributed by atoms with van der Waals surface area (Å²) in [5.74, 6) is -0.188. The van der Waals surface area contributed by atoms with Crippen molar-refractivity contribution in [3.63, 3.8) is 0 Å². The molecule has 5 N–H and O–H groups in total. The predicted molar refractivity (Wildman–Crippen MR) is 95.1 cm³/mol. The minimum atomic E-state index is -0.188. The van der Waals surface area contributed by atoms with Gasteiger partial charge in [0, 0.05) is 33.8 Å². The molecular formula is C19H17N3O. The van der Waals surface area contributed by atoms with Gasteiger partial charge in [-0.05, 0) is 36.4 Å². The van der Waals surface area contributed by atoms with Gasteiger partial charge in [0.1, 0.15) is 0 Å². The number of hydrogen-bond acceptors (Lipinski definition) is 3. The molecule has 0 fully saturated rings. The summed E-state index contributed by atoms with van der Waals surface area (Å²) >= 11 is 0. The van der Waals surface area contributed by atoms with E-state index in [-0.39, 0.29) is 5.91 Å². The van der Waals surface area contributed by atoms with E-state index in [4.69, 9.17) is 11.5 Å². The standard InChI is InChI=1S/C19H17N3O/c20-17-9-5-4-8-15(17)16-12-13(10-11-18(16)21)19(23)22-14-6-2-1-3-7-14/h1-12H,20-21H2,(H,22,23). The van der Waals surface area contributed by atoms with Gasteiger partial charge in [-0.15, -0.1) is 0 Å². The molecule has 0 heterocycles. The molecule has 4 nitrogen and oxygen atoms in total. The molecule has 0 aliphatic carbocycles. The van der Waals surface area contributed by atoms with Gasteiger partial charge in [-0.2, -0.15) is 0 Å². The van der Waals surface area contributed by atoms with E-state index < -0.39 is 0 Å². The first kappa shape index (κ1) is 14.7. The highest BCUT2D eigenvalue weighted by atomic mass is 16.1. The monoisotopic (exact) mass is 303 g/mol. The van der Waals surface area contributed by atoms with Gasteiger partial charge in [-0.1, -0.05) is 36.4 Å². The van der Waals surface area contributed by atoms with E-state index in [0.29, 0.717) is 16.9 Å². The van der Waals surface area contributed by atoms with Crippen LogP contribution in [0.1, 0.15) is 10.4 Å². The number of carbonyl (C=O) groups excluding carboxylic acids is 1. The molecule has 1 amide bonds. The molecule has 114 valence electrons. The Morgan fingerprint density at radius 3 is 2.13 bits per heavy atom. The largest absolute Gasteiger partial charge is 0.398 e. The van der Waals surface area contributed by atoms with Crippen LogP contribution < -0.4 is 16.8 Å². The van der Waals surface area contributed by atoms with Crippen LogP contribution in [0.15, 0.2) is 72.8 Å². The number of benzene rings is 3. The van der Waals surface area contributed by atoms with Crippen molar-refractivity contribution in [2.75, 3.05) is 16.8 Å². The Balaban J connectivity index is 1.94. The van der Waals surface area contributed by atoms with Crippen molar-refractivity contribution < 1.29 is 4.79 Å². The smallest absolute Gasteiger partial charge is 0.255 e. The molecule has 0 unspecified atom stereocenters. The van der Waals surface area contributed by atoms with Crippen molar-refractivity contribution >= 4 is 23.0 Å². The zero-order chi connectivity index (χ0) is 16.2. The van der Waals surface area contributed by atoms with Crippen molar-refractivity contribution in [1.29, 1.82) is 0 Å². The third kappa shape index (κ3) is 3.16. The van der Waals surface area contributed by atoms with Crippen molar-refractivity contribution in [2.24, 2.45) is 0 Å². The summed E-state index contributed by atoms with van der Waals surface area (Å²) in [4.78, 5) is 12.4. The van der Waals surface area contributed by atoms with Gasteiger partial charge in [0.15, 0.2) is 0 Å². The second kappa shape index (κ2) is 6.23. The van der Waals surface area contributed by atoms with Gasteiger partial charge in [0.05, 0.1) is 0 Å². The molecule has 0 radical (unpaired) electrons. The molecule has 0 aliphatic heterocycles. The summed E-state index contributed by atoms with van der Waals surface area (Å²) in [5, 5.41) is 2.86. The summed E-state index contributed by atoms with van der Waals surface area (Å²) in [6.45, 7) is 0. The Labute approximate surface area is 134 Å². The SMILES string of the molecule is Nc1ccccc1-c1cc(C(=O)Nc2ccccc2)ccc1N. The lowest BCUT2D eigenvalue weighted by Crippen LogP contribution is -2.12. The van der Waals surface area contributed by atoms with E-state index in [9.17, 15) is 4.79 Å². The van der Waals surface area contributed by atoms with Crippen LogP contribution in [-0.2, 0) is 0 Å². The van der Waals surface area contributed by atoms with Crippen LogP contribution in [0.2, 0.25) is 0 Å². The van der Waals surface area contributed by atoms with Gasteiger partial charge in [-0.3, -0.25) is 4.79 Å². The normalized spacial score (nSPS) is 10.3. The molecular weight excluding hydrogens is 286 g/mol. The molecule has 23 heavy (non-hydrogen) atoms. The molecule has 0 saturated carbocycles. The van der Waals surface area contributed by atoms with Crippen LogP contribution in [0.4, 0.5) is 17.1 Å². The summed E-state index contributed by atoms with van der Waals surface area (Å²) in [6.07, 6.45) is 0. The molecule has 0 aliphatic rings. The molecule has 0 bridgehead atoms. The lowest BCUT2D eigenvalue weighted by molar-refractivity contribution is 0.102. The van der Waals surface area contributed by atoms with Crippen molar-refractivity contribution in [1.82, 2.24) is 0 Å². The maximum atomic E-state index is 12.4. The van der Waals surface area contributed by atoms with Crippen molar-refractivity contribution in [3.8, 4) is 11.1 Å². The minimum absolute atomic E-state index is 0.188. The summed E-state index contributed by atoms with van der Waals surface area (Å²) in [5.41, 5.74) is 16.1. The van der Waals surface area contributed by atoms with Crippen LogP contribution in [0.5, 0.6) is 0 Å². The van der Waals surface area contributed by atoms with Gasteiger partial charge >= 0.3 is 0 Å². The lowest BCUT2D eigenvalue weighted by atomic mass is 9.99. The molecule has 0 spiro atoms. The third-order valence-corrected chi connectivity index (χ3v) is 3.60. The van der Waals surface area contributed by atoms with E-state index in [0.717, 1.165) is 16.8 Å². The molecule has 3 aromatic carbocycles. The quantitative estimate of drug-likeness (QED) is 0.644. The number of nitrogen functional groups attached to an aromatic ring is 2. The van der Waals surface area contributed by atoms with E-state index in [1.165, 1.54) is 0 Å². The van der Waals surface area contributed by atoms with E-state index in [1.54, 1.807) is 18.2 Å². The first-order valence-electron chi connectivity index (χ1n) is 7.26. The van der Waals surface area contributed by atoms with Gasteiger partial charge in [-0.25, -0.2) is 0 Å². The van der Waals surface area contributed by atoms with Crippen LogP contribution in [0.3, 0.4) is 0 Å². The van der Waals surface area contributed by atoms with Crippen LogP contribution in [-0.4, -0.2) is 5.91 Å².